The van der Waals surface area contributed by atoms with Gasteiger partial charge in [-0.1, -0.05) is 13.3 Å². The number of nitrogens with two attached hydrogens (primary N) is 2. The summed E-state index contributed by atoms with van der Waals surface area (Å²) in [5.41, 5.74) is 12.9. The number of carbonyl (C=O) groups excluding carboxylic acids is 2. The first-order valence-electron chi connectivity index (χ1n) is 6.64. The third kappa shape index (κ3) is 4.15. The Bertz CT molecular complexity index is 488. The van der Waals surface area contributed by atoms with Crippen LogP contribution in [0.1, 0.15) is 30.1 Å². The van der Waals surface area contributed by atoms with Crippen LogP contribution in [0.25, 0.3) is 0 Å². The number of hydrogen-bond acceptors (Lipinski definition) is 4. The van der Waals surface area contributed by atoms with Crippen LogP contribution in [0, 0.1) is 0 Å². The SMILES string of the molecule is CCCCN(CC(N)=O)c1cc(C(=O)NC)ccc1N. The summed E-state index contributed by atoms with van der Waals surface area (Å²) in [6.07, 6.45) is 1.90. The summed E-state index contributed by atoms with van der Waals surface area (Å²) in [5.74, 6) is -0.619. The Hall–Kier alpha value is -2.24. The fourth-order valence-corrected chi connectivity index (χ4v) is 1.92. The van der Waals surface area contributed by atoms with E-state index in [9.17, 15) is 9.59 Å². The number of carbonyl (C=O) groups is 2. The van der Waals surface area contributed by atoms with Gasteiger partial charge in [-0.3, -0.25) is 9.59 Å². The number of nitrogen functional groups attached to an aromatic ring is 1. The second-order valence-electron chi connectivity index (χ2n) is 4.59. The molecule has 0 atom stereocenters. The lowest BCUT2D eigenvalue weighted by Gasteiger charge is -2.25. The van der Waals surface area contributed by atoms with Gasteiger partial charge in [0.15, 0.2) is 0 Å². The quantitative estimate of drug-likeness (QED) is 0.640. The van der Waals surface area contributed by atoms with E-state index < -0.39 is 5.91 Å². The number of rotatable bonds is 7. The van der Waals surface area contributed by atoms with E-state index in [2.05, 4.69) is 12.2 Å². The lowest BCUT2D eigenvalue weighted by atomic mass is 10.1. The highest BCUT2D eigenvalue weighted by molar-refractivity contribution is 5.96. The van der Waals surface area contributed by atoms with Gasteiger partial charge in [0.05, 0.1) is 17.9 Å². The Morgan fingerprint density at radius 3 is 2.60 bits per heavy atom. The number of nitrogens with one attached hydrogen (secondary N) is 1. The third-order valence-electron chi connectivity index (χ3n) is 2.99. The largest absolute Gasteiger partial charge is 0.397 e. The molecule has 0 radical (unpaired) electrons. The molecule has 6 nitrogen and oxygen atoms in total. The highest BCUT2D eigenvalue weighted by Crippen LogP contribution is 2.25. The zero-order valence-electron chi connectivity index (χ0n) is 12.0. The van der Waals surface area contributed by atoms with Crippen molar-refractivity contribution in [3.8, 4) is 0 Å². The number of nitrogens with zero attached hydrogens (tertiary/aromatic N) is 1. The molecule has 0 aliphatic rings. The van der Waals surface area contributed by atoms with E-state index in [0.29, 0.717) is 23.5 Å². The topological polar surface area (TPSA) is 101 Å². The van der Waals surface area contributed by atoms with E-state index in [-0.39, 0.29) is 12.5 Å². The van der Waals surface area contributed by atoms with Crippen LogP contribution < -0.4 is 21.7 Å². The van der Waals surface area contributed by atoms with E-state index in [1.54, 1.807) is 25.2 Å². The maximum absolute atomic E-state index is 11.7. The van der Waals surface area contributed by atoms with Gasteiger partial charge in [0.25, 0.3) is 5.91 Å². The van der Waals surface area contributed by atoms with Gasteiger partial charge in [-0.05, 0) is 24.6 Å². The lowest BCUT2D eigenvalue weighted by molar-refractivity contribution is -0.116. The number of amides is 2. The van der Waals surface area contributed by atoms with E-state index >= 15 is 0 Å². The van der Waals surface area contributed by atoms with E-state index in [0.717, 1.165) is 12.8 Å². The van der Waals surface area contributed by atoms with Crippen LogP contribution in [0.5, 0.6) is 0 Å². The van der Waals surface area contributed by atoms with Crippen LogP contribution in [0.15, 0.2) is 18.2 Å². The smallest absolute Gasteiger partial charge is 0.251 e. The predicted octanol–water partition coefficient (Wildman–Crippen LogP) is 0.720. The third-order valence-corrected chi connectivity index (χ3v) is 2.99. The summed E-state index contributed by atoms with van der Waals surface area (Å²) >= 11 is 0. The van der Waals surface area contributed by atoms with Crippen LogP contribution in [0.2, 0.25) is 0 Å². The summed E-state index contributed by atoms with van der Waals surface area (Å²) in [5, 5.41) is 2.56. The fourth-order valence-electron chi connectivity index (χ4n) is 1.92. The average molecular weight is 278 g/mol. The standard InChI is InChI=1S/C14H22N4O2/c1-3-4-7-18(9-13(16)19)12-8-10(14(20)17-2)5-6-11(12)15/h5-6,8H,3-4,7,9,15H2,1-2H3,(H2,16,19)(H,17,20). The van der Waals surface area contributed by atoms with Gasteiger partial charge < -0.3 is 21.7 Å². The van der Waals surface area contributed by atoms with Crippen molar-refractivity contribution in [2.45, 2.75) is 19.8 Å². The average Bonchev–Trinajstić information content (AvgIpc) is 2.43. The molecule has 5 N–H and O–H groups in total. The minimum atomic E-state index is -0.425. The maximum atomic E-state index is 11.7. The summed E-state index contributed by atoms with van der Waals surface area (Å²) < 4.78 is 0. The predicted molar refractivity (Wildman–Crippen MR) is 80.6 cm³/mol. The number of hydrogen-bond donors (Lipinski definition) is 3. The molecule has 0 aromatic heterocycles. The van der Waals surface area contributed by atoms with E-state index in [4.69, 9.17) is 11.5 Å². The van der Waals surface area contributed by atoms with Crippen molar-refractivity contribution in [2.24, 2.45) is 5.73 Å². The second kappa shape index (κ2) is 7.37. The van der Waals surface area contributed by atoms with E-state index in [1.807, 2.05) is 4.90 Å². The molecule has 1 aromatic rings. The molecule has 0 heterocycles. The van der Waals surface area contributed by atoms with Crippen molar-refractivity contribution < 1.29 is 9.59 Å². The van der Waals surface area contributed by atoms with Gasteiger partial charge in [0.2, 0.25) is 5.91 Å². The minimum Gasteiger partial charge on any atom is -0.397 e. The number of unbranched alkanes of at least 4 members (excludes halogenated alkanes) is 1. The molecule has 6 heteroatoms. The normalized spacial score (nSPS) is 10.1. The van der Waals surface area contributed by atoms with Crippen LogP contribution in [0.4, 0.5) is 11.4 Å². The van der Waals surface area contributed by atoms with Gasteiger partial charge in [0, 0.05) is 19.2 Å². The van der Waals surface area contributed by atoms with Crippen molar-refractivity contribution in [1.82, 2.24) is 5.32 Å². The molecular formula is C14H22N4O2. The number of benzene rings is 1. The van der Waals surface area contributed by atoms with E-state index in [1.165, 1.54) is 0 Å². The van der Waals surface area contributed by atoms with Crippen molar-refractivity contribution in [1.29, 1.82) is 0 Å². The highest BCUT2D eigenvalue weighted by Gasteiger charge is 2.14. The first kappa shape index (κ1) is 15.8. The van der Waals surface area contributed by atoms with Gasteiger partial charge in [0.1, 0.15) is 0 Å². The van der Waals surface area contributed by atoms with Crippen molar-refractivity contribution in [2.75, 3.05) is 30.8 Å². The maximum Gasteiger partial charge on any atom is 0.251 e. The molecule has 110 valence electrons. The Labute approximate surface area is 119 Å². The molecule has 0 bridgehead atoms. The van der Waals surface area contributed by atoms with Crippen LogP contribution in [0.3, 0.4) is 0 Å². The van der Waals surface area contributed by atoms with Gasteiger partial charge in [-0.15, -0.1) is 0 Å². The summed E-state index contributed by atoms with van der Waals surface area (Å²) in [6.45, 7) is 2.81. The zero-order chi connectivity index (χ0) is 15.1. The molecular weight excluding hydrogens is 256 g/mol. The number of primary amides is 1. The minimum absolute atomic E-state index is 0.0847. The Kier molecular flexibility index (Phi) is 5.83. The molecule has 20 heavy (non-hydrogen) atoms. The zero-order valence-corrected chi connectivity index (χ0v) is 12.0. The molecule has 0 fully saturated rings. The molecule has 0 saturated heterocycles. The monoisotopic (exact) mass is 278 g/mol. The van der Waals surface area contributed by atoms with Crippen molar-refractivity contribution in [3.05, 3.63) is 23.8 Å². The number of anilines is 2. The molecule has 1 rings (SSSR count). The molecule has 0 saturated carbocycles. The molecule has 0 spiro atoms. The van der Waals surface area contributed by atoms with Crippen molar-refractivity contribution in [3.63, 3.8) is 0 Å². The van der Waals surface area contributed by atoms with Gasteiger partial charge in [-0.25, -0.2) is 0 Å². The fraction of sp³-hybridized carbons (Fsp3) is 0.429. The summed E-state index contributed by atoms with van der Waals surface area (Å²) in [7, 11) is 1.57. The van der Waals surface area contributed by atoms with Crippen molar-refractivity contribution >= 4 is 23.2 Å². The van der Waals surface area contributed by atoms with Crippen LogP contribution in [-0.4, -0.2) is 32.0 Å². The molecule has 2 amide bonds. The first-order chi connectivity index (χ1) is 9.49. The first-order valence-corrected chi connectivity index (χ1v) is 6.64. The van der Waals surface area contributed by atoms with Crippen LogP contribution >= 0.6 is 0 Å². The molecule has 1 aromatic carbocycles. The molecule has 0 aliphatic heterocycles. The molecule has 0 unspecified atom stereocenters. The van der Waals surface area contributed by atoms with Gasteiger partial charge >= 0.3 is 0 Å². The van der Waals surface area contributed by atoms with Gasteiger partial charge in [-0.2, -0.15) is 0 Å². The van der Waals surface area contributed by atoms with Crippen LogP contribution in [-0.2, 0) is 4.79 Å². The summed E-state index contributed by atoms with van der Waals surface area (Å²) in [6, 6.07) is 5.01. The Morgan fingerprint density at radius 2 is 2.05 bits per heavy atom. The Balaban J connectivity index is 3.09. The highest BCUT2D eigenvalue weighted by atomic mass is 16.2. The lowest BCUT2D eigenvalue weighted by Crippen LogP contribution is -2.35. The molecule has 0 aliphatic carbocycles. The Morgan fingerprint density at radius 1 is 1.35 bits per heavy atom. The summed E-state index contributed by atoms with van der Waals surface area (Å²) in [4.78, 5) is 24.7. The second-order valence-corrected chi connectivity index (χ2v) is 4.59.